The molecule has 90 valence electrons. The van der Waals surface area contributed by atoms with Gasteiger partial charge in [-0.3, -0.25) is 0 Å². The van der Waals surface area contributed by atoms with E-state index in [0.717, 1.165) is 23.1 Å². The first-order chi connectivity index (χ1) is 8.11. The van der Waals surface area contributed by atoms with Crippen LogP contribution in [0.2, 0.25) is 0 Å². The summed E-state index contributed by atoms with van der Waals surface area (Å²) in [6.45, 7) is 3.57. The number of aliphatic hydroxyl groups excluding tert-OH is 1. The highest BCUT2D eigenvalue weighted by Crippen LogP contribution is 2.28. The fourth-order valence-corrected chi connectivity index (χ4v) is 2.50. The normalized spacial score (nSPS) is 24.5. The molecule has 1 heterocycles. The Kier molecular flexibility index (Phi) is 3.70. The number of aliphatic hydroxyl groups is 1. The van der Waals surface area contributed by atoms with E-state index < -0.39 is 0 Å². The van der Waals surface area contributed by atoms with E-state index >= 15 is 0 Å². The zero-order valence-corrected chi connectivity index (χ0v) is 11.3. The molecule has 0 radical (unpaired) electrons. The number of piperidine rings is 1. The van der Waals surface area contributed by atoms with Crippen molar-refractivity contribution in [3.63, 3.8) is 0 Å². The minimum atomic E-state index is -0.307. The van der Waals surface area contributed by atoms with Gasteiger partial charge in [-0.05, 0) is 30.5 Å². The molecule has 1 saturated heterocycles. The van der Waals surface area contributed by atoms with Crippen molar-refractivity contribution in [2.75, 3.05) is 18.0 Å². The summed E-state index contributed by atoms with van der Waals surface area (Å²) in [5, 5.41) is 19.0. The second-order valence-corrected chi connectivity index (χ2v) is 5.47. The molecule has 0 saturated carbocycles. The fourth-order valence-electron chi connectivity index (χ4n) is 2.14. The summed E-state index contributed by atoms with van der Waals surface area (Å²) in [5.41, 5.74) is 1.57. The molecule has 0 amide bonds. The van der Waals surface area contributed by atoms with Crippen molar-refractivity contribution in [2.24, 2.45) is 5.92 Å². The van der Waals surface area contributed by atoms with Gasteiger partial charge in [0.1, 0.15) is 6.07 Å². The number of halogens is 1. The Balaban J connectivity index is 2.26. The van der Waals surface area contributed by atoms with Gasteiger partial charge in [-0.1, -0.05) is 22.9 Å². The van der Waals surface area contributed by atoms with E-state index in [9.17, 15) is 5.11 Å². The molecule has 1 aromatic carbocycles. The molecular formula is C13H15BrN2O. The van der Waals surface area contributed by atoms with Crippen LogP contribution in [0.25, 0.3) is 0 Å². The lowest BCUT2D eigenvalue weighted by Crippen LogP contribution is -2.43. The molecule has 3 nitrogen and oxygen atoms in total. The summed E-state index contributed by atoms with van der Waals surface area (Å²) in [5.74, 6) is 0.340. The van der Waals surface area contributed by atoms with E-state index in [4.69, 9.17) is 5.26 Å². The van der Waals surface area contributed by atoms with Crippen LogP contribution in [0, 0.1) is 17.2 Å². The maximum Gasteiger partial charge on any atom is 0.101 e. The third-order valence-electron chi connectivity index (χ3n) is 3.34. The summed E-state index contributed by atoms with van der Waals surface area (Å²) in [7, 11) is 0. The van der Waals surface area contributed by atoms with E-state index in [1.807, 2.05) is 18.2 Å². The molecule has 2 atom stereocenters. The largest absolute Gasteiger partial charge is 0.391 e. The van der Waals surface area contributed by atoms with Gasteiger partial charge < -0.3 is 10.0 Å². The van der Waals surface area contributed by atoms with Gasteiger partial charge in [0, 0.05) is 17.6 Å². The van der Waals surface area contributed by atoms with Gasteiger partial charge in [-0.15, -0.1) is 0 Å². The first-order valence-corrected chi connectivity index (χ1v) is 6.54. The van der Waals surface area contributed by atoms with Gasteiger partial charge in [-0.25, -0.2) is 0 Å². The molecule has 0 aliphatic carbocycles. The van der Waals surface area contributed by atoms with Crippen LogP contribution in [0.5, 0.6) is 0 Å². The van der Waals surface area contributed by atoms with Gasteiger partial charge in [0.2, 0.25) is 0 Å². The van der Waals surface area contributed by atoms with Crippen molar-refractivity contribution in [3.8, 4) is 6.07 Å². The maximum atomic E-state index is 9.89. The van der Waals surface area contributed by atoms with Gasteiger partial charge in [0.15, 0.2) is 0 Å². The van der Waals surface area contributed by atoms with Crippen molar-refractivity contribution >= 4 is 21.6 Å². The van der Waals surface area contributed by atoms with Crippen LogP contribution in [-0.4, -0.2) is 24.3 Å². The zero-order chi connectivity index (χ0) is 12.4. The van der Waals surface area contributed by atoms with Gasteiger partial charge in [-0.2, -0.15) is 5.26 Å². The van der Waals surface area contributed by atoms with Crippen molar-refractivity contribution in [1.82, 2.24) is 0 Å². The quantitative estimate of drug-likeness (QED) is 0.866. The van der Waals surface area contributed by atoms with Crippen molar-refractivity contribution < 1.29 is 5.11 Å². The topological polar surface area (TPSA) is 47.3 Å². The maximum absolute atomic E-state index is 9.89. The monoisotopic (exact) mass is 294 g/mol. The lowest BCUT2D eigenvalue weighted by atomic mass is 9.95. The molecular weight excluding hydrogens is 280 g/mol. The van der Waals surface area contributed by atoms with Crippen LogP contribution >= 0.6 is 15.9 Å². The second kappa shape index (κ2) is 5.07. The first-order valence-electron chi connectivity index (χ1n) is 5.74. The average Bonchev–Trinajstić information content (AvgIpc) is 2.32. The van der Waals surface area contributed by atoms with E-state index in [1.165, 1.54) is 0 Å². The van der Waals surface area contributed by atoms with Crippen LogP contribution in [-0.2, 0) is 0 Å². The number of rotatable bonds is 1. The standard InChI is InChI=1S/C13H15BrN2O/c1-9-4-5-16(8-13(9)17)12-3-2-11(14)6-10(12)7-15/h2-3,6,9,13,17H,4-5,8H2,1H3. The highest BCUT2D eigenvalue weighted by molar-refractivity contribution is 9.10. The third kappa shape index (κ3) is 2.62. The number of benzene rings is 1. The Labute approximate surface area is 110 Å². The fraction of sp³-hybridized carbons (Fsp3) is 0.462. The number of nitriles is 1. The van der Waals surface area contributed by atoms with E-state index in [2.05, 4.69) is 33.8 Å². The highest BCUT2D eigenvalue weighted by atomic mass is 79.9. The zero-order valence-electron chi connectivity index (χ0n) is 9.73. The smallest absolute Gasteiger partial charge is 0.101 e. The number of hydrogen-bond donors (Lipinski definition) is 1. The summed E-state index contributed by atoms with van der Waals surface area (Å²) in [4.78, 5) is 2.09. The Morgan fingerprint density at radius 3 is 2.94 bits per heavy atom. The molecule has 2 unspecified atom stereocenters. The van der Waals surface area contributed by atoms with Crippen LogP contribution in [0.3, 0.4) is 0 Å². The minimum Gasteiger partial charge on any atom is -0.391 e. The molecule has 1 N–H and O–H groups in total. The van der Waals surface area contributed by atoms with Crippen LogP contribution < -0.4 is 4.90 Å². The first kappa shape index (κ1) is 12.4. The van der Waals surface area contributed by atoms with E-state index in [-0.39, 0.29) is 6.10 Å². The summed E-state index contributed by atoms with van der Waals surface area (Å²) in [6, 6.07) is 7.89. The minimum absolute atomic E-state index is 0.307. The number of β-amino-alcohol motifs (C(OH)–C–C–N with tert-alkyl or cyclic N) is 1. The number of anilines is 1. The summed E-state index contributed by atoms with van der Waals surface area (Å²) < 4.78 is 0.906. The lowest BCUT2D eigenvalue weighted by Gasteiger charge is -2.36. The van der Waals surface area contributed by atoms with Gasteiger partial charge in [0.25, 0.3) is 0 Å². The molecule has 1 aliphatic rings. The molecule has 17 heavy (non-hydrogen) atoms. The summed E-state index contributed by atoms with van der Waals surface area (Å²) in [6.07, 6.45) is 0.654. The molecule has 1 fully saturated rings. The molecule has 1 aromatic rings. The summed E-state index contributed by atoms with van der Waals surface area (Å²) >= 11 is 3.36. The molecule has 0 spiro atoms. The molecule has 0 aromatic heterocycles. The van der Waals surface area contributed by atoms with E-state index in [1.54, 1.807) is 0 Å². The molecule has 2 rings (SSSR count). The predicted molar refractivity (Wildman–Crippen MR) is 70.9 cm³/mol. The average molecular weight is 295 g/mol. The van der Waals surface area contributed by atoms with Crippen molar-refractivity contribution in [2.45, 2.75) is 19.4 Å². The Hall–Kier alpha value is -1.05. The van der Waals surface area contributed by atoms with Crippen molar-refractivity contribution in [1.29, 1.82) is 5.26 Å². The van der Waals surface area contributed by atoms with Crippen molar-refractivity contribution in [3.05, 3.63) is 28.2 Å². The van der Waals surface area contributed by atoms with E-state index in [0.29, 0.717) is 18.0 Å². The molecule has 1 aliphatic heterocycles. The number of nitrogens with zero attached hydrogens (tertiary/aromatic N) is 2. The molecule has 4 heteroatoms. The van der Waals surface area contributed by atoms with Crippen LogP contribution in [0.1, 0.15) is 18.9 Å². The predicted octanol–water partition coefficient (Wildman–Crippen LogP) is 2.53. The lowest BCUT2D eigenvalue weighted by molar-refractivity contribution is 0.103. The van der Waals surface area contributed by atoms with Crippen LogP contribution in [0.4, 0.5) is 5.69 Å². The molecule has 0 bridgehead atoms. The SMILES string of the molecule is CC1CCN(c2ccc(Br)cc2C#N)CC1O. The number of hydrogen-bond acceptors (Lipinski definition) is 3. The van der Waals surface area contributed by atoms with Crippen LogP contribution in [0.15, 0.2) is 22.7 Å². The Morgan fingerprint density at radius 2 is 2.29 bits per heavy atom. The Bertz CT molecular complexity index is 455. The Morgan fingerprint density at radius 1 is 1.53 bits per heavy atom. The second-order valence-electron chi connectivity index (χ2n) is 4.55. The van der Waals surface area contributed by atoms with Gasteiger partial charge in [0.05, 0.1) is 17.4 Å². The van der Waals surface area contributed by atoms with Gasteiger partial charge >= 0.3 is 0 Å². The third-order valence-corrected chi connectivity index (χ3v) is 3.83. The highest BCUT2D eigenvalue weighted by Gasteiger charge is 2.25.